The molecule has 0 unspecified atom stereocenters. The summed E-state index contributed by atoms with van der Waals surface area (Å²) in [6.07, 6.45) is 9.27. The van der Waals surface area contributed by atoms with Gasteiger partial charge < -0.3 is 10.6 Å². The lowest BCUT2D eigenvalue weighted by Crippen LogP contribution is -2.46. The normalized spacial score (nSPS) is 31.2. The van der Waals surface area contributed by atoms with Crippen molar-refractivity contribution < 1.29 is 4.79 Å². The fraction of sp³-hybridized carbons (Fsp3) is 0.933. The average molecular weight is 252 g/mol. The van der Waals surface area contributed by atoms with Crippen molar-refractivity contribution in [2.45, 2.75) is 77.3 Å². The summed E-state index contributed by atoms with van der Waals surface area (Å²) in [4.78, 5) is 12.3. The molecule has 0 atom stereocenters. The molecule has 2 aliphatic rings. The first-order valence-corrected chi connectivity index (χ1v) is 7.68. The van der Waals surface area contributed by atoms with Gasteiger partial charge in [0, 0.05) is 17.5 Å². The van der Waals surface area contributed by atoms with Gasteiger partial charge in [0.05, 0.1) is 0 Å². The first kappa shape index (κ1) is 13.9. The zero-order valence-electron chi connectivity index (χ0n) is 11.9. The summed E-state index contributed by atoms with van der Waals surface area (Å²) < 4.78 is 0. The van der Waals surface area contributed by atoms with Crippen molar-refractivity contribution in [1.82, 2.24) is 10.6 Å². The number of nitrogens with one attached hydrogen (secondary N) is 2. The van der Waals surface area contributed by atoms with Gasteiger partial charge in [-0.05, 0) is 45.1 Å². The fourth-order valence-corrected chi connectivity index (χ4v) is 3.47. The molecule has 0 saturated heterocycles. The van der Waals surface area contributed by atoms with Gasteiger partial charge in [0.15, 0.2) is 0 Å². The fourth-order valence-electron chi connectivity index (χ4n) is 3.47. The number of hydrogen-bond donors (Lipinski definition) is 2. The maximum atomic E-state index is 12.3. The summed E-state index contributed by atoms with van der Waals surface area (Å²) >= 11 is 0. The van der Waals surface area contributed by atoms with Gasteiger partial charge in [-0.25, -0.2) is 0 Å². The summed E-state index contributed by atoms with van der Waals surface area (Å²) in [6.45, 7) is 5.36. The lowest BCUT2D eigenvalue weighted by molar-refractivity contribution is -0.130. The highest BCUT2D eigenvalue weighted by molar-refractivity contribution is 5.82. The second kappa shape index (κ2) is 6.05. The van der Waals surface area contributed by atoms with Crippen molar-refractivity contribution in [1.29, 1.82) is 0 Å². The summed E-state index contributed by atoms with van der Waals surface area (Å²) in [7, 11) is 0. The van der Waals surface area contributed by atoms with Gasteiger partial charge in [-0.3, -0.25) is 4.79 Å². The molecule has 2 aliphatic carbocycles. The minimum Gasteiger partial charge on any atom is -0.353 e. The molecule has 0 radical (unpaired) electrons. The number of amides is 1. The Morgan fingerprint density at radius 1 is 1.11 bits per heavy atom. The topological polar surface area (TPSA) is 41.1 Å². The van der Waals surface area contributed by atoms with Crippen molar-refractivity contribution in [3.63, 3.8) is 0 Å². The van der Waals surface area contributed by atoms with Crippen LogP contribution in [0.25, 0.3) is 0 Å². The maximum Gasteiger partial charge on any atom is 0.226 e. The van der Waals surface area contributed by atoms with E-state index in [1.54, 1.807) is 0 Å². The van der Waals surface area contributed by atoms with Crippen LogP contribution in [0.4, 0.5) is 0 Å². The van der Waals surface area contributed by atoms with Crippen molar-refractivity contribution in [2.75, 3.05) is 6.54 Å². The third-order valence-electron chi connectivity index (χ3n) is 4.81. The van der Waals surface area contributed by atoms with Crippen LogP contribution in [0.15, 0.2) is 0 Å². The molecule has 2 N–H and O–H groups in total. The largest absolute Gasteiger partial charge is 0.353 e. The predicted octanol–water partition coefficient (Wildman–Crippen LogP) is 2.60. The summed E-state index contributed by atoms with van der Waals surface area (Å²) in [5, 5.41) is 6.81. The Hall–Kier alpha value is -0.570. The van der Waals surface area contributed by atoms with Gasteiger partial charge >= 0.3 is 0 Å². The van der Waals surface area contributed by atoms with E-state index in [-0.39, 0.29) is 5.41 Å². The van der Waals surface area contributed by atoms with E-state index < -0.39 is 0 Å². The molecule has 0 aromatic heterocycles. The molecule has 0 aromatic carbocycles. The zero-order chi connectivity index (χ0) is 13.0. The van der Waals surface area contributed by atoms with Gasteiger partial charge in [0.1, 0.15) is 0 Å². The van der Waals surface area contributed by atoms with Gasteiger partial charge in [-0.1, -0.05) is 26.7 Å². The Morgan fingerprint density at radius 2 is 1.67 bits per heavy atom. The molecule has 0 bridgehead atoms. The maximum absolute atomic E-state index is 12.3. The number of hydrogen-bond acceptors (Lipinski definition) is 2. The highest BCUT2D eigenvalue weighted by Gasteiger charge is 2.37. The first-order valence-electron chi connectivity index (χ1n) is 7.68. The van der Waals surface area contributed by atoms with Gasteiger partial charge in [-0.15, -0.1) is 0 Å². The molecule has 2 saturated carbocycles. The summed E-state index contributed by atoms with van der Waals surface area (Å²) in [6, 6.07) is 1.09. The molecule has 2 rings (SSSR count). The number of carbonyl (C=O) groups excluding carboxylic acids is 1. The summed E-state index contributed by atoms with van der Waals surface area (Å²) in [5.41, 5.74) is -0.0709. The second-order valence-corrected chi connectivity index (χ2v) is 6.35. The monoisotopic (exact) mass is 252 g/mol. The molecule has 0 aliphatic heterocycles. The van der Waals surface area contributed by atoms with Crippen LogP contribution >= 0.6 is 0 Å². The second-order valence-electron chi connectivity index (χ2n) is 6.35. The molecule has 104 valence electrons. The van der Waals surface area contributed by atoms with E-state index in [0.29, 0.717) is 18.0 Å². The molecule has 3 nitrogen and oxygen atoms in total. The number of carbonyl (C=O) groups is 1. The third-order valence-corrected chi connectivity index (χ3v) is 4.81. The Kier molecular flexibility index (Phi) is 4.66. The molecule has 0 spiro atoms. The highest BCUT2D eigenvalue weighted by atomic mass is 16.2. The number of rotatable bonds is 4. The van der Waals surface area contributed by atoms with Crippen LogP contribution in [0.3, 0.4) is 0 Å². The zero-order valence-corrected chi connectivity index (χ0v) is 11.9. The van der Waals surface area contributed by atoms with Crippen LogP contribution in [-0.2, 0) is 4.79 Å². The van der Waals surface area contributed by atoms with Crippen LogP contribution in [0.5, 0.6) is 0 Å². The minimum atomic E-state index is -0.0709. The van der Waals surface area contributed by atoms with E-state index in [1.165, 1.54) is 25.7 Å². The van der Waals surface area contributed by atoms with Crippen LogP contribution in [0.2, 0.25) is 0 Å². The molecular formula is C15H28N2O. The molecule has 0 aromatic rings. The Balaban J connectivity index is 1.76. The van der Waals surface area contributed by atoms with Crippen LogP contribution in [0.1, 0.15) is 65.2 Å². The van der Waals surface area contributed by atoms with E-state index in [1.807, 2.05) is 0 Å². The molecule has 0 heterocycles. The molecule has 3 heteroatoms. The van der Waals surface area contributed by atoms with E-state index >= 15 is 0 Å². The quantitative estimate of drug-likeness (QED) is 0.807. The third kappa shape index (κ3) is 3.25. The van der Waals surface area contributed by atoms with Gasteiger partial charge in [0.2, 0.25) is 5.91 Å². The standard InChI is InChI=1S/C15H28N2O/c1-3-16-12-6-8-13(9-7-12)17-14(18)15(2)10-4-5-11-15/h12-13,16H,3-11H2,1-2H3,(H,17,18). The van der Waals surface area contributed by atoms with Crippen molar-refractivity contribution in [2.24, 2.45) is 5.41 Å². The van der Waals surface area contributed by atoms with E-state index in [0.717, 1.165) is 32.2 Å². The van der Waals surface area contributed by atoms with E-state index in [9.17, 15) is 4.79 Å². The first-order chi connectivity index (χ1) is 8.64. The van der Waals surface area contributed by atoms with Crippen LogP contribution < -0.4 is 10.6 Å². The minimum absolute atomic E-state index is 0.0709. The smallest absolute Gasteiger partial charge is 0.226 e. The Morgan fingerprint density at radius 3 is 2.22 bits per heavy atom. The highest BCUT2D eigenvalue weighted by Crippen LogP contribution is 2.38. The molecular weight excluding hydrogens is 224 g/mol. The van der Waals surface area contributed by atoms with Crippen molar-refractivity contribution in [3.8, 4) is 0 Å². The average Bonchev–Trinajstić information content (AvgIpc) is 2.80. The molecule has 18 heavy (non-hydrogen) atoms. The summed E-state index contributed by atoms with van der Waals surface area (Å²) in [5.74, 6) is 0.312. The predicted molar refractivity (Wildman–Crippen MR) is 74.4 cm³/mol. The molecule has 2 fully saturated rings. The van der Waals surface area contributed by atoms with Crippen molar-refractivity contribution in [3.05, 3.63) is 0 Å². The lowest BCUT2D eigenvalue weighted by atomic mass is 9.85. The van der Waals surface area contributed by atoms with Gasteiger partial charge in [0.25, 0.3) is 0 Å². The van der Waals surface area contributed by atoms with E-state index in [4.69, 9.17) is 0 Å². The lowest BCUT2D eigenvalue weighted by Gasteiger charge is -2.32. The Labute approximate surface area is 111 Å². The van der Waals surface area contributed by atoms with E-state index in [2.05, 4.69) is 24.5 Å². The van der Waals surface area contributed by atoms with Crippen molar-refractivity contribution >= 4 is 5.91 Å². The Bertz CT molecular complexity index is 276. The van der Waals surface area contributed by atoms with Gasteiger partial charge in [-0.2, -0.15) is 0 Å². The molecule has 1 amide bonds. The SMILES string of the molecule is CCNC1CCC(NC(=O)C2(C)CCCC2)CC1. The van der Waals surface area contributed by atoms with Crippen LogP contribution in [0, 0.1) is 5.41 Å². The van der Waals surface area contributed by atoms with Crippen LogP contribution in [-0.4, -0.2) is 24.5 Å².